The van der Waals surface area contributed by atoms with Crippen molar-refractivity contribution in [2.24, 2.45) is 5.41 Å². The van der Waals surface area contributed by atoms with Crippen molar-refractivity contribution in [2.45, 2.75) is 27.7 Å². The van der Waals surface area contributed by atoms with Crippen LogP contribution in [0.5, 0.6) is 5.06 Å². The van der Waals surface area contributed by atoms with E-state index in [0.717, 1.165) is 5.06 Å². The fourth-order valence-corrected chi connectivity index (χ4v) is 2.15. The van der Waals surface area contributed by atoms with Gasteiger partial charge >= 0.3 is 0 Å². The minimum Gasteiger partial charge on any atom is -0.487 e. The van der Waals surface area contributed by atoms with Crippen molar-refractivity contribution in [2.75, 3.05) is 7.11 Å². The Bertz CT molecular complexity index is 328. The zero-order valence-electron chi connectivity index (χ0n) is 9.55. The molecule has 1 nitrogen and oxygen atoms in total. The van der Waals surface area contributed by atoms with E-state index in [2.05, 4.69) is 39.8 Å². The maximum absolute atomic E-state index is 5.17. The van der Waals surface area contributed by atoms with E-state index in [1.807, 2.05) is 6.07 Å². The first-order valence-electron chi connectivity index (χ1n) is 4.76. The molecular weight excluding hydrogens is 192 g/mol. The Morgan fingerprint density at radius 1 is 1.36 bits per heavy atom. The van der Waals surface area contributed by atoms with Gasteiger partial charge in [-0.3, -0.25) is 0 Å². The van der Waals surface area contributed by atoms with Crippen LogP contribution in [0.25, 0.3) is 5.57 Å². The SMILES string of the molecule is COc1ccc(/C(C)=C/C(C)(C)C)s1. The fourth-order valence-electron chi connectivity index (χ4n) is 1.36. The maximum Gasteiger partial charge on any atom is 0.173 e. The number of ether oxygens (including phenoxy) is 1. The molecule has 0 saturated carbocycles. The zero-order chi connectivity index (χ0) is 10.8. The third kappa shape index (κ3) is 3.18. The smallest absolute Gasteiger partial charge is 0.173 e. The lowest BCUT2D eigenvalue weighted by atomic mass is 9.93. The maximum atomic E-state index is 5.17. The van der Waals surface area contributed by atoms with Gasteiger partial charge in [0.15, 0.2) is 5.06 Å². The van der Waals surface area contributed by atoms with E-state index in [-0.39, 0.29) is 5.41 Å². The molecule has 1 aromatic rings. The first-order valence-corrected chi connectivity index (χ1v) is 5.58. The molecule has 78 valence electrons. The highest BCUT2D eigenvalue weighted by Gasteiger charge is 2.08. The third-order valence-corrected chi connectivity index (χ3v) is 3.00. The molecule has 0 aliphatic heterocycles. The fraction of sp³-hybridized carbons (Fsp3) is 0.500. The van der Waals surface area contributed by atoms with Crippen molar-refractivity contribution in [3.05, 3.63) is 23.1 Å². The summed E-state index contributed by atoms with van der Waals surface area (Å²) < 4.78 is 5.17. The highest BCUT2D eigenvalue weighted by molar-refractivity contribution is 7.14. The van der Waals surface area contributed by atoms with E-state index in [0.29, 0.717) is 0 Å². The van der Waals surface area contributed by atoms with Gasteiger partial charge in [0.2, 0.25) is 0 Å². The molecular formula is C12H18OS. The van der Waals surface area contributed by atoms with E-state index in [9.17, 15) is 0 Å². The van der Waals surface area contributed by atoms with Crippen LogP contribution in [0.15, 0.2) is 18.2 Å². The van der Waals surface area contributed by atoms with E-state index in [1.54, 1.807) is 18.4 Å². The molecule has 1 heterocycles. The van der Waals surface area contributed by atoms with Crippen LogP contribution < -0.4 is 4.74 Å². The number of methoxy groups -OCH3 is 1. The average molecular weight is 210 g/mol. The second kappa shape index (κ2) is 4.18. The minimum absolute atomic E-state index is 0.237. The van der Waals surface area contributed by atoms with Crippen molar-refractivity contribution in [1.82, 2.24) is 0 Å². The minimum atomic E-state index is 0.237. The van der Waals surface area contributed by atoms with Gasteiger partial charge in [-0.15, -0.1) is 0 Å². The third-order valence-electron chi connectivity index (χ3n) is 1.82. The highest BCUT2D eigenvalue weighted by Crippen LogP contribution is 2.31. The summed E-state index contributed by atoms with van der Waals surface area (Å²) in [6.45, 7) is 8.78. The van der Waals surface area contributed by atoms with E-state index < -0.39 is 0 Å². The lowest BCUT2D eigenvalue weighted by molar-refractivity contribution is 0.427. The van der Waals surface area contributed by atoms with Gasteiger partial charge < -0.3 is 4.74 Å². The molecule has 2 heteroatoms. The van der Waals surface area contributed by atoms with Gasteiger partial charge in [0.25, 0.3) is 0 Å². The molecule has 0 aliphatic carbocycles. The molecule has 0 radical (unpaired) electrons. The molecule has 0 saturated heterocycles. The second-order valence-electron chi connectivity index (χ2n) is 4.52. The monoisotopic (exact) mass is 210 g/mol. The standard InChI is InChI=1S/C12H18OS/c1-9(8-12(2,3)4)10-6-7-11(13-5)14-10/h6-8H,1-5H3/b9-8+. The van der Waals surface area contributed by atoms with Gasteiger partial charge in [-0.25, -0.2) is 0 Å². The summed E-state index contributed by atoms with van der Waals surface area (Å²) in [5.41, 5.74) is 1.56. The Balaban J connectivity index is 2.89. The molecule has 1 aromatic heterocycles. The molecule has 0 unspecified atom stereocenters. The molecule has 0 atom stereocenters. The summed E-state index contributed by atoms with van der Waals surface area (Å²) in [6.07, 6.45) is 2.29. The summed E-state index contributed by atoms with van der Waals surface area (Å²) in [6, 6.07) is 4.13. The van der Waals surface area contributed by atoms with E-state index >= 15 is 0 Å². The van der Waals surface area contributed by atoms with Crippen molar-refractivity contribution in [3.63, 3.8) is 0 Å². The molecule has 0 amide bonds. The van der Waals surface area contributed by atoms with Crippen LogP contribution in [0.1, 0.15) is 32.6 Å². The van der Waals surface area contributed by atoms with Gasteiger partial charge in [-0.2, -0.15) is 0 Å². The molecule has 0 fully saturated rings. The Hall–Kier alpha value is -0.760. The van der Waals surface area contributed by atoms with E-state index in [4.69, 9.17) is 4.74 Å². The predicted molar refractivity (Wildman–Crippen MR) is 64.0 cm³/mol. The molecule has 14 heavy (non-hydrogen) atoms. The Morgan fingerprint density at radius 3 is 2.43 bits per heavy atom. The van der Waals surface area contributed by atoms with Crippen molar-refractivity contribution in [3.8, 4) is 5.06 Å². The summed E-state index contributed by atoms with van der Waals surface area (Å²) >= 11 is 1.69. The quantitative estimate of drug-likeness (QED) is 0.710. The van der Waals surface area contributed by atoms with E-state index in [1.165, 1.54) is 10.5 Å². The lowest BCUT2D eigenvalue weighted by Gasteiger charge is -2.13. The van der Waals surface area contributed by atoms with Crippen molar-refractivity contribution < 1.29 is 4.74 Å². The summed E-state index contributed by atoms with van der Waals surface area (Å²) in [7, 11) is 1.71. The highest BCUT2D eigenvalue weighted by atomic mass is 32.1. The zero-order valence-corrected chi connectivity index (χ0v) is 10.4. The average Bonchev–Trinajstić information content (AvgIpc) is 2.48. The van der Waals surface area contributed by atoms with Crippen molar-refractivity contribution in [1.29, 1.82) is 0 Å². The molecule has 0 bridgehead atoms. The van der Waals surface area contributed by atoms with Crippen molar-refractivity contribution >= 4 is 16.9 Å². The van der Waals surface area contributed by atoms with Crippen LogP contribution in [0, 0.1) is 5.41 Å². The summed E-state index contributed by atoms with van der Waals surface area (Å²) in [5, 5.41) is 0.974. The molecule has 0 spiro atoms. The molecule has 0 N–H and O–H groups in total. The number of hydrogen-bond acceptors (Lipinski definition) is 2. The molecule has 1 rings (SSSR count). The Labute approximate surface area is 90.4 Å². The topological polar surface area (TPSA) is 9.23 Å². The normalized spacial score (nSPS) is 13.1. The lowest BCUT2D eigenvalue weighted by Crippen LogP contribution is -1.99. The van der Waals surface area contributed by atoms with Crippen LogP contribution in [0.2, 0.25) is 0 Å². The van der Waals surface area contributed by atoms with Gasteiger partial charge in [0.1, 0.15) is 0 Å². The van der Waals surface area contributed by atoms with Gasteiger partial charge in [-0.1, -0.05) is 38.2 Å². The number of rotatable bonds is 2. The Kier molecular flexibility index (Phi) is 3.38. The predicted octanol–water partition coefficient (Wildman–Crippen LogP) is 4.21. The van der Waals surface area contributed by atoms with Gasteiger partial charge in [-0.05, 0) is 30.0 Å². The first kappa shape index (κ1) is 11.3. The summed E-state index contributed by atoms with van der Waals surface area (Å²) in [4.78, 5) is 1.29. The van der Waals surface area contributed by atoms with Crippen LogP contribution >= 0.6 is 11.3 Å². The number of allylic oxidation sites excluding steroid dienone is 2. The molecule has 0 aliphatic rings. The van der Waals surface area contributed by atoms with Gasteiger partial charge in [0.05, 0.1) is 7.11 Å². The number of hydrogen-bond donors (Lipinski definition) is 0. The van der Waals surface area contributed by atoms with Crippen LogP contribution in [-0.2, 0) is 0 Å². The number of thiophene rings is 1. The van der Waals surface area contributed by atoms with Crippen LogP contribution in [0.4, 0.5) is 0 Å². The Morgan fingerprint density at radius 2 is 2.00 bits per heavy atom. The molecule has 0 aromatic carbocycles. The first-order chi connectivity index (χ1) is 6.42. The second-order valence-corrected chi connectivity index (χ2v) is 5.56. The van der Waals surface area contributed by atoms with Gasteiger partial charge in [0, 0.05) is 4.88 Å². The largest absolute Gasteiger partial charge is 0.487 e. The van der Waals surface area contributed by atoms with Crippen LogP contribution in [0.3, 0.4) is 0 Å². The summed E-state index contributed by atoms with van der Waals surface area (Å²) in [5.74, 6) is 0. The van der Waals surface area contributed by atoms with Crippen LogP contribution in [-0.4, -0.2) is 7.11 Å².